The summed E-state index contributed by atoms with van der Waals surface area (Å²) < 4.78 is 27.8. The first kappa shape index (κ1) is 16.1. The first-order valence-corrected chi connectivity index (χ1v) is 7.24. The maximum Gasteiger partial charge on any atom is 0.285 e. The van der Waals surface area contributed by atoms with Crippen molar-refractivity contribution in [2.24, 2.45) is 5.92 Å². The van der Waals surface area contributed by atoms with Crippen molar-refractivity contribution in [2.45, 2.75) is 45.5 Å². The Morgan fingerprint density at radius 2 is 1.84 bits per heavy atom. The summed E-state index contributed by atoms with van der Waals surface area (Å²) in [5.41, 5.74) is 0.0871. The lowest BCUT2D eigenvalue weighted by atomic mass is 9.99. The second-order valence-electron chi connectivity index (χ2n) is 5.12. The zero-order valence-electron chi connectivity index (χ0n) is 12.0. The third kappa shape index (κ3) is 5.68. The van der Waals surface area contributed by atoms with Gasteiger partial charge in [0.05, 0.1) is 6.54 Å². The van der Waals surface area contributed by atoms with E-state index in [1.54, 1.807) is 18.2 Å². The van der Waals surface area contributed by atoms with E-state index in [0.717, 1.165) is 19.3 Å². The van der Waals surface area contributed by atoms with Crippen molar-refractivity contribution in [1.82, 2.24) is 5.32 Å². The molecular weight excluding hydrogens is 244 g/mol. The van der Waals surface area contributed by atoms with Gasteiger partial charge < -0.3 is 5.32 Å². The Bertz CT molecular complexity index is 338. The zero-order chi connectivity index (χ0) is 14.1. The van der Waals surface area contributed by atoms with Gasteiger partial charge in [0.2, 0.25) is 0 Å². The van der Waals surface area contributed by atoms with Gasteiger partial charge in [-0.3, -0.25) is 0 Å². The number of rotatable bonds is 9. The number of hydrogen-bond acceptors (Lipinski definition) is 1. The lowest BCUT2D eigenvalue weighted by Gasteiger charge is -2.20. The average molecular weight is 269 g/mol. The summed E-state index contributed by atoms with van der Waals surface area (Å²) in [7, 11) is 0. The zero-order valence-corrected chi connectivity index (χ0v) is 12.0. The Hall–Kier alpha value is -0.960. The normalized spacial score (nSPS) is 13.5. The van der Waals surface area contributed by atoms with E-state index in [-0.39, 0.29) is 12.1 Å². The summed E-state index contributed by atoms with van der Waals surface area (Å²) in [5.74, 6) is -2.28. The first-order valence-electron chi connectivity index (χ1n) is 7.24. The van der Waals surface area contributed by atoms with E-state index in [1.165, 1.54) is 18.6 Å². The third-order valence-electron chi connectivity index (χ3n) is 3.52. The fourth-order valence-corrected chi connectivity index (χ4v) is 2.16. The van der Waals surface area contributed by atoms with Crippen LogP contribution in [0.5, 0.6) is 0 Å². The summed E-state index contributed by atoms with van der Waals surface area (Å²) in [5, 5.41) is 2.93. The molecule has 0 aromatic heterocycles. The Morgan fingerprint density at radius 3 is 2.42 bits per heavy atom. The van der Waals surface area contributed by atoms with Gasteiger partial charge in [-0.05, 0) is 18.9 Å². The van der Waals surface area contributed by atoms with Crippen LogP contribution < -0.4 is 5.32 Å². The van der Waals surface area contributed by atoms with Crippen LogP contribution in [-0.4, -0.2) is 13.1 Å². The predicted molar refractivity (Wildman–Crippen MR) is 76.5 cm³/mol. The molecular formula is C16H25F2N. The highest BCUT2D eigenvalue weighted by Crippen LogP contribution is 2.26. The molecule has 0 saturated carbocycles. The van der Waals surface area contributed by atoms with Crippen molar-refractivity contribution in [2.75, 3.05) is 13.1 Å². The molecule has 19 heavy (non-hydrogen) atoms. The van der Waals surface area contributed by atoms with E-state index in [1.807, 2.05) is 0 Å². The van der Waals surface area contributed by atoms with Crippen molar-refractivity contribution in [3.8, 4) is 0 Å². The highest BCUT2D eigenvalue weighted by Gasteiger charge is 2.30. The molecule has 0 fully saturated rings. The number of halogens is 2. The fourth-order valence-electron chi connectivity index (χ4n) is 2.16. The van der Waals surface area contributed by atoms with Gasteiger partial charge >= 0.3 is 0 Å². The molecule has 0 aliphatic carbocycles. The van der Waals surface area contributed by atoms with Crippen LogP contribution in [0.2, 0.25) is 0 Å². The molecule has 1 aromatic carbocycles. The van der Waals surface area contributed by atoms with Crippen LogP contribution >= 0.6 is 0 Å². The molecule has 1 unspecified atom stereocenters. The molecule has 1 N–H and O–H groups in total. The van der Waals surface area contributed by atoms with E-state index < -0.39 is 5.92 Å². The summed E-state index contributed by atoms with van der Waals surface area (Å²) >= 11 is 0. The molecule has 1 nitrogen and oxygen atoms in total. The van der Waals surface area contributed by atoms with E-state index in [0.29, 0.717) is 12.5 Å². The number of alkyl halides is 2. The van der Waals surface area contributed by atoms with Gasteiger partial charge in [-0.2, -0.15) is 8.78 Å². The molecule has 0 radical (unpaired) electrons. The quantitative estimate of drug-likeness (QED) is 0.691. The van der Waals surface area contributed by atoms with Crippen LogP contribution in [0.25, 0.3) is 0 Å². The van der Waals surface area contributed by atoms with Crippen LogP contribution in [-0.2, 0) is 5.92 Å². The van der Waals surface area contributed by atoms with Gasteiger partial charge in [-0.1, -0.05) is 63.4 Å². The van der Waals surface area contributed by atoms with Crippen LogP contribution in [0, 0.1) is 5.92 Å². The second-order valence-corrected chi connectivity index (χ2v) is 5.12. The topological polar surface area (TPSA) is 12.0 Å². The molecule has 0 spiro atoms. The minimum absolute atomic E-state index is 0.0871. The molecule has 0 aliphatic rings. The Morgan fingerprint density at radius 1 is 1.16 bits per heavy atom. The van der Waals surface area contributed by atoms with E-state index in [2.05, 4.69) is 19.2 Å². The van der Waals surface area contributed by atoms with Crippen molar-refractivity contribution in [1.29, 1.82) is 0 Å². The number of nitrogens with one attached hydrogen (secondary N) is 1. The SMILES string of the molecule is CCCCC(CC)CNCC(F)(F)c1ccccc1. The average Bonchev–Trinajstić information content (AvgIpc) is 2.43. The molecule has 0 bridgehead atoms. The molecule has 0 saturated heterocycles. The van der Waals surface area contributed by atoms with Crippen molar-refractivity contribution in [3.63, 3.8) is 0 Å². The number of hydrogen-bond donors (Lipinski definition) is 1. The lowest BCUT2D eigenvalue weighted by molar-refractivity contribution is -0.00392. The minimum atomic E-state index is -2.79. The number of unbranched alkanes of at least 4 members (excludes halogenated alkanes) is 1. The van der Waals surface area contributed by atoms with Gasteiger partial charge in [-0.15, -0.1) is 0 Å². The highest BCUT2D eigenvalue weighted by atomic mass is 19.3. The smallest absolute Gasteiger partial charge is 0.285 e. The van der Waals surface area contributed by atoms with Crippen molar-refractivity contribution >= 4 is 0 Å². The summed E-state index contributed by atoms with van der Waals surface area (Å²) in [6, 6.07) is 8.02. The van der Waals surface area contributed by atoms with Crippen molar-refractivity contribution in [3.05, 3.63) is 35.9 Å². The third-order valence-corrected chi connectivity index (χ3v) is 3.52. The van der Waals surface area contributed by atoms with E-state index >= 15 is 0 Å². The lowest BCUT2D eigenvalue weighted by Crippen LogP contribution is -2.33. The van der Waals surface area contributed by atoms with E-state index in [9.17, 15) is 8.78 Å². The monoisotopic (exact) mass is 269 g/mol. The maximum atomic E-state index is 13.9. The van der Waals surface area contributed by atoms with Crippen LogP contribution in [0.15, 0.2) is 30.3 Å². The van der Waals surface area contributed by atoms with Gasteiger partial charge in [0.15, 0.2) is 0 Å². The summed E-state index contributed by atoms with van der Waals surface area (Å²) in [6.45, 7) is 4.68. The molecule has 3 heteroatoms. The van der Waals surface area contributed by atoms with Gasteiger partial charge in [0.1, 0.15) is 0 Å². The van der Waals surface area contributed by atoms with Gasteiger partial charge in [0.25, 0.3) is 5.92 Å². The molecule has 1 atom stereocenters. The standard InChI is InChI=1S/C16H25F2N/c1-3-5-9-14(4-2)12-19-13-16(17,18)15-10-7-6-8-11-15/h6-8,10-11,14,19H,3-5,9,12-13H2,1-2H3. The maximum absolute atomic E-state index is 13.9. The molecule has 0 amide bonds. The first-order chi connectivity index (χ1) is 9.10. The van der Waals surface area contributed by atoms with Crippen LogP contribution in [0.4, 0.5) is 8.78 Å². The van der Waals surface area contributed by atoms with Crippen LogP contribution in [0.3, 0.4) is 0 Å². The molecule has 1 rings (SSSR count). The van der Waals surface area contributed by atoms with Gasteiger partial charge in [-0.25, -0.2) is 0 Å². The molecule has 1 aromatic rings. The Labute approximate surface area is 115 Å². The fraction of sp³-hybridized carbons (Fsp3) is 0.625. The largest absolute Gasteiger partial charge is 0.311 e. The predicted octanol–water partition coefficient (Wildman–Crippen LogP) is 4.58. The summed E-state index contributed by atoms with van der Waals surface area (Å²) in [6.07, 6.45) is 4.51. The van der Waals surface area contributed by atoms with Crippen molar-refractivity contribution < 1.29 is 8.78 Å². The molecule has 0 aliphatic heterocycles. The minimum Gasteiger partial charge on any atom is -0.311 e. The second kappa shape index (κ2) is 8.26. The van der Waals surface area contributed by atoms with Gasteiger partial charge in [0, 0.05) is 5.56 Å². The number of benzene rings is 1. The van der Waals surface area contributed by atoms with E-state index in [4.69, 9.17) is 0 Å². The van der Waals surface area contributed by atoms with Crippen LogP contribution in [0.1, 0.15) is 45.1 Å². The Kier molecular flexibility index (Phi) is 7.00. The molecule has 0 heterocycles. The molecule has 108 valence electrons. The highest BCUT2D eigenvalue weighted by molar-refractivity contribution is 5.20. The summed E-state index contributed by atoms with van der Waals surface area (Å²) in [4.78, 5) is 0. The Balaban J connectivity index is 2.38.